The summed E-state index contributed by atoms with van der Waals surface area (Å²) < 4.78 is 3.61. The van der Waals surface area contributed by atoms with E-state index in [0.29, 0.717) is 16.3 Å². The monoisotopic (exact) mass is 299 g/mol. The highest BCUT2D eigenvalue weighted by Crippen LogP contribution is 2.36. The van der Waals surface area contributed by atoms with Gasteiger partial charge in [0, 0.05) is 5.02 Å². The Balaban J connectivity index is 2.38. The number of carbonyl (C=O) groups excluding carboxylic acids is 1. The van der Waals surface area contributed by atoms with Crippen LogP contribution in [0.5, 0.6) is 5.75 Å². The first-order valence-electron chi connectivity index (χ1n) is 4.22. The molecule has 1 amide bonds. The summed E-state index contributed by atoms with van der Waals surface area (Å²) in [5.74, 6) is -0.0513. The number of alkyl halides is 3. The van der Waals surface area contributed by atoms with Crippen molar-refractivity contribution in [3.8, 4) is 5.75 Å². The van der Waals surface area contributed by atoms with Gasteiger partial charge >= 0.3 is 0 Å². The van der Waals surface area contributed by atoms with E-state index in [1.165, 1.54) is 6.07 Å². The van der Waals surface area contributed by atoms with Crippen molar-refractivity contribution in [3.63, 3.8) is 0 Å². The Bertz CT molecular complexity index is 444. The fraction of sp³-hybridized carbons (Fsp3) is 0.222. The molecule has 2 rings (SSSR count). The molecule has 0 spiro atoms. The third-order valence-electron chi connectivity index (χ3n) is 1.99. The molecule has 1 aromatic carbocycles. The molecule has 0 fully saturated rings. The van der Waals surface area contributed by atoms with E-state index in [1.54, 1.807) is 12.1 Å². The van der Waals surface area contributed by atoms with Crippen molar-refractivity contribution in [2.24, 2.45) is 0 Å². The van der Waals surface area contributed by atoms with Gasteiger partial charge in [0.05, 0.1) is 5.56 Å². The second-order valence-electron chi connectivity index (χ2n) is 3.15. The minimum atomic E-state index is -1.73. The van der Waals surface area contributed by atoms with Crippen LogP contribution in [0.25, 0.3) is 0 Å². The Morgan fingerprint density at radius 3 is 2.62 bits per heavy atom. The van der Waals surface area contributed by atoms with Gasteiger partial charge in [0.1, 0.15) is 5.75 Å². The lowest BCUT2D eigenvalue weighted by Crippen LogP contribution is -2.50. The second-order valence-corrected chi connectivity index (χ2v) is 5.96. The zero-order chi connectivity index (χ0) is 11.9. The lowest BCUT2D eigenvalue weighted by atomic mass is 10.1. The molecule has 1 unspecified atom stereocenters. The smallest absolute Gasteiger partial charge is 0.258 e. The van der Waals surface area contributed by atoms with Gasteiger partial charge in [0.2, 0.25) is 10.0 Å². The zero-order valence-corrected chi connectivity index (χ0v) is 10.7. The minimum absolute atomic E-state index is 0.318. The Morgan fingerprint density at radius 2 is 2.00 bits per heavy atom. The van der Waals surface area contributed by atoms with Crippen molar-refractivity contribution < 1.29 is 9.53 Å². The Kier molecular flexibility index (Phi) is 3.14. The van der Waals surface area contributed by atoms with Crippen LogP contribution in [0.1, 0.15) is 10.4 Å². The Hall–Kier alpha value is -0.350. The van der Waals surface area contributed by atoms with Crippen molar-refractivity contribution in [1.82, 2.24) is 5.32 Å². The first-order valence-corrected chi connectivity index (χ1v) is 5.73. The summed E-state index contributed by atoms with van der Waals surface area (Å²) in [4.78, 5) is 11.7. The van der Waals surface area contributed by atoms with E-state index in [1.807, 2.05) is 0 Å². The number of amides is 1. The molecule has 1 aliphatic heterocycles. The number of hydrogen-bond acceptors (Lipinski definition) is 2. The van der Waals surface area contributed by atoms with Crippen LogP contribution >= 0.6 is 46.4 Å². The number of benzene rings is 1. The predicted molar refractivity (Wildman–Crippen MR) is 63.6 cm³/mol. The molecule has 0 saturated heterocycles. The summed E-state index contributed by atoms with van der Waals surface area (Å²) in [5.41, 5.74) is 0.318. The molecule has 0 radical (unpaired) electrons. The molecule has 1 heterocycles. The molecule has 1 N–H and O–H groups in total. The van der Waals surface area contributed by atoms with E-state index in [0.717, 1.165) is 0 Å². The Labute approximate surface area is 112 Å². The molecule has 0 bridgehead atoms. The van der Waals surface area contributed by atoms with Crippen LogP contribution < -0.4 is 10.1 Å². The first kappa shape index (κ1) is 12.1. The Morgan fingerprint density at radius 1 is 1.31 bits per heavy atom. The summed E-state index contributed by atoms with van der Waals surface area (Å²) in [6.45, 7) is 0. The van der Waals surface area contributed by atoms with Gasteiger partial charge < -0.3 is 10.1 Å². The van der Waals surface area contributed by atoms with Crippen LogP contribution in [-0.2, 0) is 0 Å². The largest absolute Gasteiger partial charge is 0.465 e. The summed E-state index contributed by atoms with van der Waals surface area (Å²) >= 11 is 22.7. The van der Waals surface area contributed by atoms with Gasteiger partial charge in [-0.05, 0) is 18.2 Å². The third kappa shape index (κ3) is 2.33. The maximum Gasteiger partial charge on any atom is 0.258 e. The maximum atomic E-state index is 11.7. The predicted octanol–water partition coefficient (Wildman–Crippen LogP) is 3.16. The fourth-order valence-electron chi connectivity index (χ4n) is 1.28. The average Bonchev–Trinajstić information content (AvgIpc) is 2.17. The highest BCUT2D eigenvalue weighted by molar-refractivity contribution is 6.68. The van der Waals surface area contributed by atoms with Gasteiger partial charge in [-0.15, -0.1) is 0 Å². The summed E-state index contributed by atoms with van der Waals surface area (Å²) in [6.07, 6.45) is -1.02. The minimum Gasteiger partial charge on any atom is -0.465 e. The van der Waals surface area contributed by atoms with E-state index >= 15 is 0 Å². The van der Waals surface area contributed by atoms with Gasteiger partial charge in [-0.3, -0.25) is 4.79 Å². The van der Waals surface area contributed by atoms with E-state index in [9.17, 15) is 4.79 Å². The molecule has 1 aliphatic rings. The summed E-state index contributed by atoms with van der Waals surface area (Å²) in [7, 11) is 0. The van der Waals surface area contributed by atoms with E-state index in [-0.39, 0.29) is 5.91 Å². The maximum absolute atomic E-state index is 11.7. The second kappa shape index (κ2) is 4.15. The molecule has 0 aromatic heterocycles. The van der Waals surface area contributed by atoms with Crippen LogP contribution in [-0.4, -0.2) is 15.9 Å². The highest BCUT2D eigenvalue weighted by atomic mass is 35.6. The van der Waals surface area contributed by atoms with Crippen LogP contribution in [0.15, 0.2) is 18.2 Å². The number of halogens is 4. The van der Waals surface area contributed by atoms with E-state index < -0.39 is 10.0 Å². The van der Waals surface area contributed by atoms with Crippen LogP contribution in [0, 0.1) is 0 Å². The third-order valence-corrected chi connectivity index (χ3v) is 2.82. The quantitative estimate of drug-likeness (QED) is 0.748. The van der Waals surface area contributed by atoms with Gasteiger partial charge in [-0.25, -0.2) is 0 Å². The lowest BCUT2D eigenvalue weighted by Gasteiger charge is -2.30. The van der Waals surface area contributed by atoms with Gasteiger partial charge in [-0.2, -0.15) is 0 Å². The summed E-state index contributed by atoms with van der Waals surface area (Å²) in [5, 5.41) is 2.86. The molecule has 1 aromatic rings. The van der Waals surface area contributed by atoms with Gasteiger partial charge in [-0.1, -0.05) is 46.4 Å². The molecule has 7 heteroatoms. The number of nitrogens with one attached hydrogen (secondary N) is 1. The molecule has 0 aliphatic carbocycles. The highest BCUT2D eigenvalue weighted by Gasteiger charge is 2.39. The number of carbonyl (C=O) groups is 1. The topological polar surface area (TPSA) is 38.3 Å². The van der Waals surface area contributed by atoms with Gasteiger partial charge in [0.15, 0.2) is 0 Å². The van der Waals surface area contributed by atoms with E-state index in [2.05, 4.69) is 5.32 Å². The van der Waals surface area contributed by atoms with Crippen molar-refractivity contribution in [2.75, 3.05) is 0 Å². The average molecular weight is 301 g/mol. The molecular formula is C9H5Cl4NO2. The normalized spacial score (nSPS) is 19.8. The summed E-state index contributed by atoms with van der Waals surface area (Å²) in [6, 6.07) is 4.63. The first-order chi connectivity index (χ1) is 7.38. The lowest BCUT2D eigenvalue weighted by molar-refractivity contribution is 0.0763. The van der Waals surface area contributed by atoms with Gasteiger partial charge in [0.25, 0.3) is 5.91 Å². The SMILES string of the molecule is O=C1NC(C(Cl)(Cl)Cl)Oc2ccc(Cl)cc21. The molecule has 16 heavy (non-hydrogen) atoms. The molecular weight excluding hydrogens is 296 g/mol. The molecule has 86 valence electrons. The van der Waals surface area contributed by atoms with Crippen LogP contribution in [0.4, 0.5) is 0 Å². The molecule has 0 saturated carbocycles. The van der Waals surface area contributed by atoms with Crippen molar-refractivity contribution in [3.05, 3.63) is 28.8 Å². The standard InChI is InChI=1S/C9H5Cl4NO2/c10-4-1-2-6-5(3-4)7(15)14-8(16-6)9(11,12)13/h1-3,8H,(H,14,15). The molecule has 1 atom stereocenters. The van der Waals surface area contributed by atoms with Crippen molar-refractivity contribution in [2.45, 2.75) is 10.0 Å². The fourth-order valence-corrected chi connectivity index (χ4v) is 1.75. The number of ether oxygens (including phenoxy) is 1. The number of fused-ring (bicyclic) bond motifs is 1. The zero-order valence-electron chi connectivity index (χ0n) is 7.64. The van der Waals surface area contributed by atoms with Crippen LogP contribution in [0.3, 0.4) is 0 Å². The number of hydrogen-bond donors (Lipinski definition) is 1. The van der Waals surface area contributed by atoms with Crippen LogP contribution in [0.2, 0.25) is 5.02 Å². The number of rotatable bonds is 0. The molecule has 3 nitrogen and oxygen atoms in total. The van der Waals surface area contributed by atoms with Crippen molar-refractivity contribution in [1.29, 1.82) is 0 Å². The van der Waals surface area contributed by atoms with Crippen molar-refractivity contribution >= 4 is 52.3 Å². The van der Waals surface area contributed by atoms with E-state index in [4.69, 9.17) is 51.1 Å².